The van der Waals surface area contributed by atoms with Gasteiger partial charge in [0.15, 0.2) is 6.29 Å². The Morgan fingerprint density at radius 2 is 2.10 bits per heavy atom. The van der Waals surface area contributed by atoms with Gasteiger partial charge < -0.3 is 14.6 Å². The van der Waals surface area contributed by atoms with Gasteiger partial charge in [0.2, 0.25) is 0 Å². The SMILES string of the molecule is CC(C)(C)OC(=O)N[C@@H]1CCCC[C@H]1n1ccc(C=O)c1. The van der Waals surface area contributed by atoms with Crippen molar-refractivity contribution in [3.8, 4) is 0 Å². The van der Waals surface area contributed by atoms with Crippen molar-refractivity contribution in [1.82, 2.24) is 9.88 Å². The normalized spacial score (nSPS) is 22.6. The van der Waals surface area contributed by atoms with Crippen LogP contribution in [0.5, 0.6) is 0 Å². The van der Waals surface area contributed by atoms with Crippen LogP contribution in [0.4, 0.5) is 4.79 Å². The molecule has 2 rings (SSSR count). The molecule has 0 radical (unpaired) electrons. The summed E-state index contributed by atoms with van der Waals surface area (Å²) in [5.74, 6) is 0. The lowest BCUT2D eigenvalue weighted by atomic mass is 9.90. The first kappa shape index (κ1) is 15.6. The third-order valence-electron chi connectivity index (χ3n) is 3.69. The number of hydrogen-bond donors (Lipinski definition) is 1. The zero-order chi connectivity index (χ0) is 15.5. The molecule has 0 bridgehead atoms. The van der Waals surface area contributed by atoms with Crippen molar-refractivity contribution < 1.29 is 14.3 Å². The summed E-state index contributed by atoms with van der Waals surface area (Å²) in [7, 11) is 0. The maximum absolute atomic E-state index is 12.0. The molecule has 0 aromatic carbocycles. The molecule has 1 amide bonds. The summed E-state index contributed by atoms with van der Waals surface area (Å²) in [5, 5.41) is 2.98. The number of aromatic nitrogens is 1. The van der Waals surface area contributed by atoms with Crippen molar-refractivity contribution in [3.63, 3.8) is 0 Å². The van der Waals surface area contributed by atoms with Gasteiger partial charge in [0.05, 0.1) is 12.1 Å². The molecular weight excluding hydrogens is 268 g/mol. The summed E-state index contributed by atoms with van der Waals surface area (Å²) in [6.07, 6.45) is 8.37. The molecule has 1 heterocycles. The van der Waals surface area contributed by atoms with Crippen LogP contribution in [0.3, 0.4) is 0 Å². The molecule has 21 heavy (non-hydrogen) atoms. The lowest BCUT2D eigenvalue weighted by Crippen LogP contribution is -2.44. The van der Waals surface area contributed by atoms with Crippen molar-refractivity contribution in [2.75, 3.05) is 0 Å². The predicted octanol–water partition coefficient (Wildman–Crippen LogP) is 3.31. The van der Waals surface area contributed by atoms with Crippen molar-refractivity contribution in [2.24, 2.45) is 0 Å². The number of aldehydes is 1. The predicted molar refractivity (Wildman–Crippen MR) is 80.5 cm³/mol. The van der Waals surface area contributed by atoms with Gasteiger partial charge in [-0.25, -0.2) is 4.79 Å². The van der Waals surface area contributed by atoms with E-state index >= 15 is 0 Å². The van der Waals surface area contributed by atoms with Crippen LogP contribution in [-0.2, 0) is 4.74 Å². The van der Waals surface area contributed by atoms with E-state index in [1.807, 2.05) is 37.7 Å². The molecule has 1 aromatic rings. The lowest BCUT2D eigenvalue weighted by Gasteiger charge is -2.33. The quantitative estimate of drug-likeness (QED) is 0.869. The van der Waals surface area contributed by atoms with Crippen molar-refractivity contribution in [2.45, 2.75) is 64.1 Å². The van der Waals surface area contributed by atoms with E-state index in [2.05, 4.69) is 5.32 Å². The first-order valence-corrected chi connectivity index (χ1v) is 7.51. The molecule has 1 fully saturated rings. The number of hydrogen-bond acceptors (Lipinski definition) is 3. The maximum Gasteiger partial charge on any atom is 0.407 e. The number of ether oxygens (including phenoxy) is 1. The molecule has 1 saturated carbocycles. The molecule has 0 spiro atoms. The second-order valence-electron chi connectivity index (χ2n) is 6.61. The number of rotatable bonds is 3. The van der Waals surface area contributed by atoms with Crippen LogP contribution in [0.1, 0.15) is 62.9 Å². The molecule has 0 aliphatic heterocycles. The third kappa shape index (κ3) is 4.34. The van der Waals surface area contributed by atoms with Gasteiger partial charge in [-0.3, -0.25) is 4.79 Å². The maximum atomic E-state index is 12.0. The third-order valence-corrected chi connectivity index (χ3v) is 3.69. The fourth-order valence-corrected chi connectivity index (χ4v) is 2.80. The van der Waals surface area contributed by atoms with Crippen molar-refractivity contribution in [3.05, 3.63) is 24.0 Å². The van der Waals surface area contributed by atoms with Gasteiger partial charge in [-0.1, -0.05) is 12.8 Å². The van der Waals surface area contributed by atoms with E-state index in [0.717, 1.165) is 32.0 Å². The van der Waals surface area contributed by atoms with E-state index in [1.54, 1.807) is 6.07 Å². The van der Waals surface area contributed by atoms with E-state index in [9.17, 15) is 9.59 Å². The van der Waals surface area contributed by atoms with Crippen molar-refractivity contribution >= 4 is 12.4 Å². The van der Waals surface area contributed by atoms with E-state index < -0.39 is 5.60 Å². The Bertz CT molecular complexity index is 502. The Morgan fingerprint density at radius 3 is 2.71 bits per heavy atom. The van der Waals surface area contributed by atoms with Crippen LogP contribution in [0.15, 0.2) is 18.5 Å². The molecule has 5 nitrogen and oxygen atoms in total. The van der Waals surface area contributed by atoms with E-state index in [-0.39, 0.29) is 18.2 Å². The zero-order valence-electron chi connectivity index (χ0n) is 13.0. The van der Waals surface area contributed by atoms with Gasteiger partial charge in [-0.15, -0.1) is 0 Å². The molecule has 1 aromatic heterocycles. The Morgan fingerprint density at radius 1 is 1.38 bits per heavy atom. The summed E-state index contributed by atoms with van der Waals surface area (Å²) < 4.78 is 7.37. The fraction of sp³-hybridized carbons (Fsp3) is 0.625. The standard InChI is InChI=1S/C16H24N2O3/c1-16(2,3)21-15(20)17-13-6-4-5-7-14(13)18-9-8-12(10-18)11-19/h8-11,13-14H,4-7H2,1-3H3,(H,17,20)/t13-,14-/m1/s1. The first-order valence-electron chi connectivity index (χ1n) is 7.51. The van der Waals surface area contributed by atoms with E-state index in [1.165, 1.54) is 0 Å². The highest BCUT2D eigenvalue weighted by atomic mass is 16.6. The van der Waals surface area contributed by atoms with Crippen LogP contribution in [0.2, 0.25) is 0 Å². The number of amides is 1. The van der Waals surface area contributed by atoms with E-state index in [4.69, 9.17) is 4.74 Å². The smallest absolute Gasteiger partial charge is 0.407 e. The number of carbonyl (C=O) groups excluding carboxylic acids is 2. The highest BCUT2D eigenvalue weighted by Crippen LogP contribution is 2.29. The molecule has 116 valence electrons. The average Bonchev–Trinajstić information content (AvgIpc) is 2.85. The number of alkyl carbamates (subject to hydrolysis) is 1. The second kappa shape index (κ2) is 6.33. The van der Waals surface area contributed by atoms with Gasteiger partial charge in [0.25, 0.3) is 0 Å². The van der Waals surface area contributed by atoms with Crippen LogP contribution in [0.25, 0.3) is 0 Å². The summed E-state index contributed by atoms with van der Waals surface area (Å²) in [6, 6.07) is 2.02. The van der Waals surface area contributed by atoms with Crippen LogP contribution < -0.4 is 5.32 Å². The topological polar surface area (TPSA) is 60.3 Å². The minimum atomic E-state index is -0.494. The van der Waals surface area contributed by atoms with Gasteiger partial charge in [0, 0.05) is 18.0 Å². The Labute approximate surface area is 125 Å². The Kier molecular flexibility index (Phi) is 4.70. The molecule has 0 saturated heterocycles. The molecule has 5 heteroatoms. The molecule has 0 unspecified atom stereocenters. The summed E-state index contributed by atoms with van der Waals surface area (Å²) in [4.78, 5) is 22.8. The monoisotopic (exact) mass is 292 g/mol. The van der Waals surface area contributed by atoms with Crippen LogP contribution in [-0.4, -0.2) is 28.6 Å². The first-order chi connectivity index (χ1) is 9.89. The average molecular weight is 292 g/mol. The Hall–Kier alpha value is -1.78. The highest BCUT2D eigenvalue weighted by Gasteiger charge is 2.29. The second-order valence-corrected chi connectivity index (χ2v) is 6.61. The molecule has 1 aliphatic rings. The minimum Gasteiger partial charge on any atom is -0.444 e. The summed E-state index contributed by atoms with van der Waals surface area (Å²) in [6.45, 7) is 5.56. The Balaban J connectivity index is 2.05. The van der Waals surface area contributed by atoms with Gasteiger partial charge >= 0.3 is 6.09 Å². The van der Waals surface area contributed by atoms with Crippen molar-refractivity contribution in [1.29, 1.82) is 0 Å². The molecular formula is C16H24N2O3. The van der Waals surface area contributed by atoms with Crippen LogP contribution in [0, 0.1) is 0 Å². The van der Waals surface area contributed by atoms with Crippen LogP contribution >= 0.6 is 0 Å². The summed E-state index contributed by atoms with van der Waals surface area (Å²) in [5.41, 5.74) is 0.170. The minimum absolute atomic E-state index is 0.0421. The molecule has 1 aliphatic carbocycles. The highest BCUT2D eigenvalue weighted by molar-refractivity contribution is 5.74. The number of nitrogens with one attached hydrogen (secondary N) is 1. The molecule has 2 atom stereocenters. The summed E-state index contributed by atoms with van der Waals surface area (Å²) >= 11 is 0. The van der Waals surface area contributed by atoms with Gasteiger partial charge in [-0.05, 0) is 39.7 Å². The largest absolute Gasteiger partial charge is 0.444 e. The lowest BCUT2D eigenvalue weighted by molar-refractivity contribution is 0.0472. The number of carbonyl (C=O) groups is 2. The van der Waals surface area contributed by atoms with Gasteiger partial charge in [-0.2, -0.15) is 0 Å². The number of nitrogens with zero attached hydrogens (tertiary/aromatic N) is 1. The fourth-order valence-electron chi connectivity index (χ4n) is 2.80. The molecule has 1 N–H and O–H groups in total. The van der Waals surface area contributed by atoms with E-state index in [0.29, 0.717) is 5.56 Å². The zero-order valence-corrected chi connectivity index (χ0v) is 13.0. The van der Waals surface area contributed by atoms with Gasteiger partial charge in [0.1, 0.15) is 5.60 Å².